The van der Waals surface area contributed by atoms with Gasteiger partial charge in [0.05, 0.1) is 5.69 Å². The van der Waals surface area contributed by atoms with Gasteiger partial charge in [0.2, 0.25) is 5.78 Å². The molecule has 26 heavy (non-hydrogen) atoms. The average Bonchev–Trinajstić information content (AvgIpc) is 3.12. The van der Waals surface area contributed by atoms with Crippen molar-refractivity contribution in [3.8, 4) is 11.3 Å². The molecule has 5 nitrogen and oxygen atoms in total. The normalized spacial score (nSPS) is 10.8. The van der Waals surface area contributed by atoms with E-state index in [2.05, 4.69) is 9.97 Å². The summed E-state index contributed by atoms with van der Waals surface area (Å²) in [5.74, 6) is 0.632. The molecule has 0 unspecified atom stereocenters. The highest BCUT2D eigenvalue weighted by Gasteiger charge is 2.13. The first-order chi connectivity index (χ1) is 12.6. The summed E-state index contributed by atoms with van der Waals surface area (Å²) in [6.07, 6.45) is 5.58. The molecule has 0 aliphatic heterocycles. The Morgan fingerprint density at radius 2 is 1.77 bits per heavy atom. The summed E-state index contributed by atoms with van der Waals surface area (Å²) in [4.78, 5) is 23.0. The van der Waals surface area contributed by atoms with Crippen molar-refractivity contribution in [2.75, 3.05) is 11.9 Å². The van der Waals surface area contributed by atoms with E-state index in [1.807, 2.05) is 78.3 Å². The van der Waals surface area contributed by atoms with Gasteiger partial charge in [0, 0.05) is 42.5 Å². The van der Waals surface area contributed by atoms with E-state index < -0.39 is 0 Å². The van der Waals surface area contributed by atoms with Gasteiger partial charge in [-0.1, -0.05) is 29.8 Å². The van der Waals surface area contributed by atoms with Gasteiger partial charge in [0.15, 0.2) is 0 Å². The fraction of sp³-hybridized carbons (Fsp3) is 0.0952. The largest absolute Gasteiger partial charge is 0.311 e. The number of amides is 1. The van der Waals surface area contributed by atoms with E-state index >= 15 is 0 Å². The predicted octanol–water partition coefficient (Wildman–Crippen LogP) is 3.98. The second-order valence-electron chi connectivity index (χ2n) is 6.23. The Morgan fingerprint density at radius 1 is 1.04 bits per heavy atom. The zero-order chi connectivity index (χ0) is 18.1. The summed E-state index contributed by atoms with van der Waals surface area (Å²) in [5.41, 5.74) is 4.48. The van der Waals surface area contributed by atoms with Gasteiger partial charge in [-0.3, -0.25) is 9.20 Å². The fourth-order valence-corrected chi connectivity index (χ4v) is 2.83. The molecule has 0 fully saturated rings. The monoisotopic (exact) mass is 342 g/mol. The molecule has 0 bridgehead atoms. The Kier molecular flexibility index (Phi) is 3.97. The molecule has 4 rings (SSSR count). The number of nitrogens with zero attached hydrogens (tertiary/aromatic N) is 4. The number of hydrogen-bond acceptors (Lipinski definition) is 3. The molecular weight excluding hydrogens is 324 g/mol. The van der Waals surface area contributed by atoms with Crippen LogP contribution in [0.15, 0.2) is 73.2 Å². The van der Waals surface area contributed by atoms with E-state index in [0.29, 0.717) is 11.3 Å². The Bertz CT molecular complexity index is 1030. The van der Waals surface area contributed by atoms with Crippen molar-refractivity contribution in [2.45, 2.75) is 6.92 Å². The number of aryl methyl sites for hydroxylation is 1. The van der Waals surface area contributed by atoms with Gasteiger partial charge in [-0.15, -0.1) is 0 Å². The van der Waals surface area contributed by atoms with Crippen LogP contribution in [0, 0.1) is 6.92 Å². The number of fused-ring (bicyclic) bond motifs is 1. The van der Waals surface area contributed by atoms with Crippen molar-refractivity contribution in [2.24, 2.45) is 0 Å². The summed E-state index contributed by atoms with van der Waals surface area (Å²) in [6, 6.07) is 17.3. The van der Waals surface area contributed by atoms with Crippen LogP contribution in [0.5, 0.6) is 0 Å². The molecule has 0 saturated heterocycles. The molecule has 0 N–H and O–H groups in total. The molecule has 0 atom stereocenters. The smallest absolute Gasteiger partial charge is 0.258 e. The summed E-state index contributed by atoms with van der Waals surface area (Å²) in [6.45, 7) is 2.01. The van der Waals surface area contributed by atoms with Crippen molar-refractivity contribution in [3.05, 3.63) is 84.3 Å². The van der Waals surface area contributed by atoms with Crippen LogP contribution in [-0.4, -0.2) is 27.3 Å². The van der Waals surface area contributed by atoms with Crippen LogP contribution in [0.1, 0.15) is 15.9 Å². The first-order valence-corrected chi connectivity index (χ1v) is 8.37. The van der Waals surface area contributed by atoms with E-state index in [0.717, 1.165) is 22.5 Å². The first-order valence-electron chi connectivity index (χ1n) is 8.37. The number of hydrogen-bond donors (Lipinski definition) is 0. The maximum absolute atomic E-state index is 12.6. The Balaban J connectivity index is 1.58. The molecule has 2 aromatic heterocycles. The Labute approximate surface area is 151 Å². The summed E-state index contributed by atoms with van der Waals surface area (Å²) in [7, 11) is 1.78. The predicted molar refractivity (Wildman–Crippen MR) is 102 cm³/mol. The van der Waals surface area contributed by atoms with E-state index in [4.69, 9.17) is 0 Å². The summed E-state index contributed by atoms with van der Waals surface area (Å²) >= 11 is 0. The lowest BCUT2D eigenvalue weighted by Gasteiger charge is -2.17. The number of carbonyl (C=O) groups excluding carboxylic acids is 1. The minimum Gasteiger partial charge on any atom is -0.311 e. The van der Waals surface area contributed by atoms with Crippen LogP contribution in [0.25, 0.3) is 17.0 Å². The number of anilines is 1. The van der Waals surface area contributed by atoms with Gasteiger partial charge in [-0.05, 0) is 37.3 Å². The number of rotatable bonds is 3. The van der Waals surface area contributed by atoms with Crippen LogP contribution in [-0.2, 0) is 0 Å². The van der Waals surface area contributed by atoms with Gasteiger partial charge in [-0.2, -0.15) is 0 Å². The first kappa shape index (κ1) is 16.0. The van der Waals surface area contributed by atoms with Gasteiger partial charge in [0.25, 0.3) is 5.91 Å². The quantitative estimate of drug-likeness (QED) is 0.566. The number of aromatic nitrogens is 3. The standard InChI is InChI=1S/C21H18N4O/c1-15-4-6-17(7-5-15)20(26)24(2)18-10-8-16(9-11-18)19-14-25-13-3-12-22-21(25)23-19/h3-14H,1-2H3. The van der Waals surface area contributed by atoms with Crippen molar-refractivity contribution < 1.29 is 4.79 Å². The number of benzene rings is 2. The third kappa shape index (κ3) is 2.95. The molecule has 0 aliphatic rings. The maximum Gasteiger partial charge on any atom is 0.258 e. The number of imidazole rings is 1. The summed E-state index contributed by atoms with van der Waals surface area (Å²) < 4.78 is 1.89. The van der Waals surface area contributed by atoms with E-state index in [9.17, 15) is 4.79 Å². The molecule has 0 saturated carbocycles. The van der Waals surface area contributed by atoms with Gasteiger partial charge in [0.1, 0.15) is 0 Å². The lowest BCUT2D eigenvalue weighted by atomic mass is 10.1. The minimum absolute atomic E-state index is 0.0327. The molecule has 2 aromatic carbocycles. The molecule has 4 aromatic rings. The molecular formula is C21H18N4O. The number of carbonyl (C=O) groups is 1. The van der Waals surface area contributed by atoms with Crippen LogP contribution in [0.2, 0.25) is 0 Å². The topological polar surface area (TPSA) is 50.5 Å². The zero-order valence-electron chi connectivity index (χ0n) is 14.6. The highest BCUT2D eigenvalue weighted by molar-refractivity contribution is 6.05. The third-order valence-electron chi connectivity index (χ3n) is 4.39. The molecule has 5 heteroatoms. The lowest BCUT2D eigenvalue weighted by molar-refractivity contribution is 0.0993. The Hall–Kier alpha value is -3.47. The maximum atomic E-state index is 12.6. The summed E-state index contributed by atoms with van der Waals surface area (Å²) in [5, 5.41) is 0. The lowest BCUT2D eigenvalue weighted by Crippen LogP contribution is -2.26. The van der Waals surface area contributed by atoms with E-state index in [1.165, 1.54) is 0 Å². The van der Waals surface area contributed by atoms with Gasteiger partial charge < -0.3 is 4.90 Å². The molecule has 128 valence electrons. The third-order valence-corrected chi connectivity index (χ3v) is 4.39. The second kappa shape index (κ2) is 6.44. The van der Waals surface area contributed by atoms with E-state index in [-0.39, 0.29) is 5.91 Å². The second-order valence-corrected chi connectivity index (χ2v) is 6.23. The molecule has 0 aliphatic carbocycles. The molecule has 1 amide bonds. The minimum atomic E-state index is -0.0327. The van der Waals surface area contributed by atoms with Crippen molar-refractivity contribution >= 4 is 17.4 Å². The highest BCUT2D eigenvalue weighted by atomic mass is 16.2. The van der Waals surface area contributed by atoms with Crippen LogP contribution >= 0.6 is 0 Å². The van der Waals surface area contributed by atoms with Crippen LogP contribution in [0.3, 0.4) is 0 Å². The molecule has 0 radical (unpaired) electrons. The molecule has 2 heterocycles. The van der Waals surface area contributed by atoms with Crippen molar-refractivity contribution in [1.82, 2.24) is 14.4 Å². The van der Waals surface area contributed by atoms with Gasteiger partial charge in [-0.25, -0.2) is 9.97 Å². The fourth-order valence-electron chi connectivity index (χ4n) is 2.83. The van der Waals surface area contributed by atoms with Crippen molar-refractivity contribution in [1.29, 1.82) is 0 Å². The molecule has 0 spiro atoms. The SMILES string of the molecule is Cc1ccc(C(=O)N(C)c2ccc(-c3cn4cccnc4n3)cc2)cc1. The average molecular weight is 342 g/mol. The van der Waals surface area contributed by atoms with Crippen LogP contribution in [0.4, 0.5) is 5.69 Å². The highest BCUT2D eigenvalue weighted by Crippen LogP contribution is 2.23. The van der Waals surface area contributed by atoms with Gasteiger partial charge >= 0.3 is 0 Å². The van der Waals surface area contributed by atoms with Crippen molar-refractivity contribution in [3.63, 3.8) is 0 Å². The zero-order valence-corrected chi connectivity index (χ0v) is 14.6. The van der Waals surface area contributed by atoms with E-state index in [1.54, 1.807) is 18.1 Å². The van der Waals surface area contributed by atoms with Crippen LogP contribution < -0.4 is 4.90 Å². The Morgan fingerprint density at radius 3 is 2.46 bits per heavy atom.